The number of nitrogens with zero attached hydrogens (tertiary/aromatic N) is 2. The Morgan fingerprint density at radius 3 is 2.61 bits per heavy atom. The fraction of sp³-hybridized carbons (Fsp3) is 1.00. The fourth-order valence-corrected chi connectivity index (χ4v) is 2.59. The van der Waals surface area contributed by atoms with Crippen LogP contribution >= 0.6 is 0 Å². The first-order chi connectivity index (χ1) is 8.59. The van der Waals surface area contributed by atoms with Crippen LogP contribution in [0.4, 0.5) is 0 Å². The van der Waals surface area contributed by atoms with Gasteiger partial charge in [0.2, 0.25) is 0 Å². The number of likely N-dealkylation sites (tertiary alicyclic amines) is 1. The van der Waals surface area contributed by atoms with Gasteiger partial charge in [0.25, 0.3) is 0 Å². The van der Waals surface area contributed by atoms with Gasteiger partial charge in [0.05, 0.1) is 0 Å². The van der Waals surface area contributed by atoms with Crippen LogP contribution in [0, 0.1) is 5.92 Å². The molecule has 3 nitrogen and oxygen atoms in total. The summed E-state index contributed by atoms with van der Waals surface area (Å²) in [5.41, 5.74) is 0. The van der Waals surface area contributed by atoms with Crippen LogP contribution in [0.1, 0.15) is 39.5 Å². The molecule has 0 bridgehead atoms. The van der Waals surface area contributed by atoms with Crippen LogP contribution in [0.15, 0.2) is 0 Å². The zero-order valence-corrected chi connectivity index (χ0v) is 12.9. The first-order valence-electron chi connectivity index (χ1n) is 7.69. The number of nitrogens with one attached hydrogen (secondary N) is 1. The molecule has 1 fully saturated rings. The maximum Gasteiger partial charge on any atom is 0.0229 e. The van der Waals surface area contributed by atoms with Crippen LogP contribution in [0.3, 0.4) is 0 Å². The van der Waals surface area contributed by atoms with Gasteiger partial charge >= 0.3 is 0 Å². The highest BCUT2D eigenvalue weighted by Crippen LogP contribution is 2.13. The molecule has 1 heterocycles. The molecule has 1 aliphatic heterocycles. The maximum atomic E-state index is 3.51. The minimum Gasteiger partial charge on any atom is -0.316 e. The molecule has 1 aliphatic rings. The van der Waals surface area contributed by atoms with Crippen molar-refractivity contribution in [2.75, 3.05) is 46.8 Å². The Kier molecular flexibility index (Phi) is 7.87. The largest absolute Gasteiger partial charge is 0.316 e. The van der Waals surface area contributed by atoms with E-state index in [9.17, 15) is 0 Å². The van der Waals surface area contributed by atoms with Gasteiger partial charge in [-0.25, -0.2) is 0 Å². The second-order valence-electron chi connectivity index (χ2n) is 6.37. The van der Waals surface area contributed by atoms with E-state index in [-0.39, 0.29) is 0 Å². The molecular weight excluding hydrogens is 222 g/mol. The minimum atomic E-state index is 0.776. The van der Waals surface area contributed by atoms with E-state index < -0.39 is 0 Å². The zero-order chi connectivity index (χ0) is 13.4. The standard InChI is InChI=1S/C15H33N3/c1-14(2)12-16-9-6-5-7-10-18-11-8-15(13-18)17(3)4/h14-16H,5-13H2,1-4H3. The lowest BCUT2D eigenvalue weighted by atomic mass is 10.2. The second kappa shape index (κ2) is 8.89. The van der Waals surface area contributed by atoms with Crippen molar-refractivity contribution in [3.8, 4) is 0 Å². The Bertz CT molecular complexity index is 204. The Labute approximate surface area is 114 Å². The molecule has 0 spiro atoms. The quantitative estimate of drug-likeness (QED) is 0.636. The van der Waals surface area contributed by atoms with Gasteiger partial charge in [0, 0.05) is 12.6 Å². The van der Waals surface area contributed by atoms with Gasteiger partial charge in [-0.3, -0.25) is 0 Å². The molecular formula is C15H33N3. The molecule has 0 saturated carbocycles. The van der Waals surface area contributed by atoms with Crippen molar-refractivity contribution in [3.05, 3.63) is 0 Å². The normalized spacial score (nSPS) is 21.3. The van der Waals surface area contributed by atoms with Crippen molar-refractivity contribution < 1.29 is 0 Å². The maximum absolute atomic E-state index is 3.51. The molecule has 0 aromatic heterocycles. The van der Waals surface area contributed by atoms with Crippen molar-refractivity contribution in [1.82, 2.24) is 15.1 Å². The number of likely N-dealkylation sites (N-methyl/N-ethyl adjacent to an activating group) is 1. The van der Waals surface area contributed by atoms with E-state index in [4.69, 9.17) is 0 Å². The van der Waals surface area contributed by atoms with Gasteiger partial charge in [0.1, 0.15) is 0 Å². The monoisotopic (exact) mass is 255 g/mol. The van der Waals surface area contributed by atoms with Crippen molar-refractivity contribution >= 4 is 0 Å². The number of unbranched alkanes of at least 4 members (excludes halogenated alkanes) is 2. The summed E-state index contributed by atoms with van der Waals surface area (Å²) in [7, 11) is 4.41. The highest BCUT2D eigenvalue weighted by molar-refractivity contribution is 4.80. The molecule has 1 unspecified atom stereocenters. The molecule has 108 valence electrons. The third kappa shape index (κ3) is 6.72. The summed E-state index contributed by atoms with van der Waals surface area (Å²) >= 11 is 0. The summed E-state index contributed by atoms with van der Waals surface area (Å²) in [5, 5.41) is 3.51. The molecule has 1 rings (SSSR count). The van der Waals surface area contributed by atoms with Crippen LogP contribution < -0.4 is 5.32 Å². The predicted octanol–water partition coefficient (Wildman–Crippen LogP) is 2.04. The van der Waals surface area contributed by atoms with Crippen LogP contribution in [0.25, 0.3) is 0 Å². The van der Waals surface area contributed by atoms with E-state index >= 15 is 0 Å². The summed E-state index contributed by atoms with van der Waals surface area (Å²) in [6, 6.07) is 0.790. The SMILES string of the molecule is CC(C)CNCCCCCN1CCC(N(C)C)C1. The fourth-order valence-electron chi connectivity index (χ4n) is 2.59. The van der Waals surface area contributed by atoms with Crippen molar-refractivity contribution in [1.29, 1.82) is 0 Å². The van der Waals surface area contributed by atoms with Gasteiger partial charge in [-0.2, -0.15) is 0 Å². The molecule has 0 amide bonds. The van der Waals surface area contributed by atoms with Crippen LogP contribution in [0.2, 0.25) is 0 Å². The third-order valence-electron chi connectivity index (χ3n) is 3.86. The van der Waals surface area contributed by atoms with Gasteiger partial charge < -0.3 is 15.1 Å². The summed E-state index contributed by atoms with van der Waals surface area (Å²) in [4.78, 5) is 5.00. The van der Waals surface area contributed by atoms with E-state index in [0.717, 1.165) is 18.5 Å². The van der Waals surface area contributed by atoms with Crippen molar-refractivity contribution in [2.45, 2.75) is 45.6 Å². The van der Waals surface area contributed by atoms with E-state index in [2.05, 4.69) is 43.1 Å². The topological polar surface area (TPSA) is 18.5 Å². The lowest BCUT2D eigenvalue weighted by Gasteiger charge is -2.20. The van der Waals surface area contributed by atoms with Gasteiger partial charge in [-0.05, 0) is 65.5 Å². The number of hydrogen-bond donors (Lipinski definition) is 1. The highest BCUT2D eigenvalue weighted by atomic mass is 15.2. The molecule has 18 heavy (non-hydrogen) atoms. The average molecular weight is 255 g/mol. The first-order valence-corrected chi connectivity index (χ1v) is 7.69. The summed E-state index contributed by atoms with van der Waals surface area (Å²) in [6.45, 7) is 10.8. The number of hydrogen-bond acceptors (Lipinski definition) is 3. The summed E-state index contributed by atoms with van der Waals surface area (Å²) in [5.74, 6) is 0.776. The Hall–Kier alpha value is -0.120. The van der Waals surface area contributed by atoms with Gasteiger partial charge in [-0.15, -0.1) is 0 Å². The second-order valence-corrected chi connectivity index (χ2v) is 6.37. The smallest absolute Gasteiger partial charge is 0.0229 e. The first kappa shape index (κ1) is 15.9. The lowest BCUT2D eigenvalue weighted by Crippen LogP contribution is -2.31. The minimum absolute atomic E-state index is 0.776. The van der Waals surface area contributed by atoms with Gasteiger partial charge in [0.15, 0.2) is 0 Å². The van der Waals surface area contributed by atoms with Crippen molar-refractivity contribution in [3.63, 3.8) is 0 Å². The van der Waals surface area contributed by atoms with Crippen LogP contribution in [-0.4, -0.2) is 62.7 Å². The molecule has 1 saturated heterocycles. The molecule has 0 aromatic carbocycles. The van der Waals surface area contributed by atoms with E-state index in [1.165, 1.54) is 51.9 Å². The zero-order valence-electron chi connectivity index (χ0n) is 12.9. The molecule has 1 N–H and O–H groups in total. The lowest BCUT2D eigenvalue weighted by molar-refractivity contribution is 0.265. The summed E-state index contributed by atoms with van der Waals surface area (Å²) in [6.07, 6.45) is 5.42. The Morgan fingerprint density at radius 2 is 2.00 bits per heavy atom. The number of rotatable bonds is 9. The van der Waals surface area contributed by atoms with E-state index in [1.54, 1.807) is 0 Å². The van der Waals surface area contributed by atoms with Crippen LogP contribution in [-0.2, 0) is 0 Å². The molecule has 1 atom stereocenters. The molecule has 3 heteroatoms. The molecule has 0 aliphatic carbocycles. The van der Waals surface area contributed by atoms with Gasteiger partial charge in [-0.1, -0.05) is 20.3 Å². The third-order valence-corrected chi connectivity index (χ3v) is 3.86. The van der Waals surface area contributed by atoms with E-state index in [1.807, 2.05) is 0 Å². The highest BCUT2D eigenvalue weighted by Gasteiger charge is 2.22. The van der Waals surface area contributed by atoms with E-state index in [0.29, 0.717) is 0 Å². The predicted molar refractivity (Wildman–Crippen MR) is 80.1 cm³/mol. The van der Waals surface area contributed by atoms with Crippen molar-refractivity contribution in [2.24, 2.45) is 5.92 Å². The average Bonchev–Trinajstić information content (AvgIpc) is 2.76. The Balaban J connectivity index is 1.90. The molecule has 0 radical (unpaired) electrons. The molecule has 0 aromatic rings. The Morgan fingerprint density at radius 1 is 1.22 bits per heavy atom. The van der Waals surface area contributed by atoms with Crippen LogP contribution in [0.5, 0.6) is 0 Å². The summed E-state index contributed by atoms with van der Waals surface area (Å²) < 4.78 is 0.